The number of hydrogen-bond donors (Lipinski definition) is 1. The molecule has 0 saturated carbocycles. The molecule has 0 fully saturated rings. The molecule has 0 heterocycles. The van der Waals surface area contributed by atoms with Crippen LogP contribution in [0.15, 0.2) is 28.7 Å². The Bertz CT molecular complexity index is 472. The molecule has 0 aliphatic rings. The van der Waals surface area contributed by atoms with Crippen LogP contribution in [0.3, 0.4) is 0 Å². The van der Waals surface area contributed by atoms with E-state index in [1.165, 1.54) is 24.3 Å². The maximum atomic E-state index is 12.2. The Balaban J connectivity index is 2.96. The minimum Gasteiger partial charge on any atom is -0.405 e. The number of carbonyl (C=O) groups is 1. The number of halogens is 4. The van der Waals surface area contributed by atoms with Crippen molar-refractivity contribution < 1.29 is 22.7 Å². The molecule has 7 heteroatoms. The Kier molecular flexibility index (Phi) is 4.77. The Morgan fingerprint density at radius 3 is 2.67 bits per heavy atom. The number of primary amides is 1. The first-order chi connectivity index (χ1) is 8.28. The van der Waals surface area contributed by atoms with Gasteiger partial charge in [-0.3, -0.25) is 4.79 Å². The average Bonchev–Trinajstić information content (AvgIpc) is 2.18. The summed E-state index contributed by atoms with van der Waals surface area (Å²) in [6.07, 6.45) is -2.11. The lowest BCUT2D eigenvalue weighted by atomic mass is 10.2. The molecule has 2 N–H and O–H groups in total. The molecule has 0 aliphatic heterocycles. The zero-order valence-corrected chi connectivity index (χ0v) is 10.6. The fourth-order valence-electron chi connectivity index (χ4n) is 1.16. The van der Waals surface area contributed by atoms with Gasteiger partial charge in [-0.25, -0.2) is 0 Å². The lowest BCUT2D eigenvalue weighted by molar-refractivity contribution is -0.274. The highest BCUT2D eigenvalue weighted by Gasteiger charge is 2.31. The van der Waals surface area contributed by atoms with Crippen LogP contribution >= 0.6 is 15.9 Å². The zero-order chi connectivity index (χ0) is 13.8. The maximum absolute atomic E-state index is 12.2. The van der Waals surface area contributed by atoms with E-state index in [2.05, 4.69) is 20.7 Å². The van der Waals surface area contributed by atoms with Crippen LogP contribution in [0.1, 0.15) is 12.0 Å². The van der Waals surface area contributed by atoms with Crippen LogP contribution in [0.5, 0.6) is 5.75 Å². The summed E-state index contributed by atoms with van der Waals surface area (Å²) in [5, 5.41) is 0. The van der Waals surface area contributed by atoms with Crippen LogP contribution in [-0.4, -0.2) is 12.3 Å². The van der Waals surface area contributed by atoms with Gasteiger partial charge in [-0.15, -0.1) is 13.2 Å². The summed E-state index contributed by atoms with van der Waals surface area (Å²) in [7, 11) is 0. The normalized spacial score (nSPS) is 11.8. The van der Waals surface area contributed by atoms with Gasteiger partial charge in [0.2, 0.25) is 5.91 Å². The van der Waals surface area contributed by atoms with Gasteiger partial charge in [0.25, 0.3) is 0 Å². The van der Waals surface area contributed by atoms with Crippen molar-refractivity contribution in [3.8, 4) is 5.75 Å². The largest absolute Gasteiger partial charge is 0.573 e. The van der Waals surface area contributed by atoms with Crippen LogP contribution < -0.4 is 10.5 Å². The standard InChI is InChI=1S/C11H9BrF3NO2/c12-8-5-4-7(2-1-3-10(16)17)9(6-8)18-11(13,14)15/h1-2,4-6H,3H2,(H2,16,17). The Morgan fingerprint density at radius 1 is 1.44 bits per heavy atom. The second-order valence-corrected chi connectivity index (χ2v) is 4.22. The van der Waals surface area contributed by atoms with Gasteiger partial charge in [-0.1, -0.05) is 34.1 Å². The highest BCUT2D eigenvalue weighted by molar-refractivity contribution is 9.10. The average molecular weight is 324 g/mol. The predicted octanol–water partition coefficient (Wildman–Crippen LogP) is 3.24. The Labute approximate surface area is 110 Å². The van der Waals surface area contributed by atoms with Crippen molar-refractivity contribution in [2.45, 2.75) is 12.8 Å². The zero-order valence-electron chi connectivity index (χ0n) is 9.00. The summed E-state index contributed by atoms with van der Waals surface area (Å²) in [4.78, 5) is 10.5. The molecule has 3 nitrogen and oxygen atoms in total. The van der Waals surface area contributed by atoms with Crippen molar-refractivity contribution in [3.63, 3.8) is 0 Å². The van der Waals surface area contributed by atoms with E-state index in [4.69, 9.17) is 5.73 Å². The SMILES string of the molecule is NC(=O)CC=Cc1ccc(Br)cc1OC(F)(F)F. The molecule has 0 aromatic heterocycles. The number of ether oxygens (including phenoxy) is 1. The molecule has 0 bridgehead atoms. The minimum absolute atomic E-state index is 0.0540. The molecule has 98 valence electrons. The van der Waals surface area contributed by atoms with Gasteiger partial charge in [0.1, 0.15) is 5.75 Å². The molecule has 1 aromatic rings. The summed E-state index contributed by atoms with van der Waals surface area (Å²) in [6.45, 7) is 0. The Morgan fingerprint density at radius 2 is 2.11 bits per heavy atom. The molecule has 0 atom stereocenters. The molecule has 0 unspecified atom stereocenters. The quantitative estimate of drug-likeness (QED) is 0.924. The second-order valence-electron chi connectivity index (χ2n) is 3.30. The lowest BCUT2D eigenvalue weighted by Crippen LogP contribution is -2.17. The fourth-order valence-corrected chi connectivity index (χ4v) is 1.50. The third kappa shape index (κ3) is 5.22. The van der Waals surface area contributed by atoms with E-state index in [9.17, 15) is 18.0 Å². The van der Waals surface area contributed by atoms with Gasteiger partial charge >= 0.3 is 6.36 Å². The number of benzene rings is 1. The third-order valence-corrected chi connectivity index (χ3v) is 2.31. The highest BCUT2D eigenvalue weighted by Crippen LogP contribution is 2.30. The molecule has 1 amide bonds. The molecule has 0 saturated heterocycles. The lowest BCUT2D eigenvalue weighted by Gasteiger charge is -2.11. The van der Waals surface area contributed by atoms with Crippen LogP contribution in [-0.2, 0) is 4.79 Å². The predicted molar refractivity (Wildman–Crippen MR) is 63.7 cm³/mol. The topological polar surface area (TPSA) is 52.3 Å². The van der Waals surface area contributed by atoms with Crippen molar-refractivity contribution >= 4 is 27.9 Å². The van der Waals surface area contributed by atoms with Gasteiger partial charge in [0.15, 0.2) is 0 Å². The van der Waals surface area contributed by atoms with E-state index in [0.717, 1.165) is 0 Å². The maximum Gasteiger partial charge on any atom is 0.573 e. The number of rotatable bonds is 4. The van der Waals surface area contributed by atoms with Crippen molar-refractivity contribution in [2.24, 2.45) is 5.73 Å². The smallest absolute Gasteiger partial charge is 0.405 e. The number of nitrogens with two attached hydrogens (primary N) is 1. The van der Waals surface area contributed by atoms with E-state index in [1.54, 1.807) is 6.07 Å². The summed E-state index contributed by atoms with van der Waals surface area (Å²) in [5.74, 6) is -0.917. The van der Waals surface area contributed by atoms with Crippen molar-refractivity contribution in [1.29, 1.82) is 0 Å². The molecule has 18 heavy (non-hydrogen) atoms. The van der Waals surface area contributed by atoms with E-state index < -0.39 is 12.3 Å². The number of carbonyl (C=O) groups excluding carboxylic acids is 1. The monoisotopic (exact) mass is 323 g/mol. The van der Waals surface area contributed by atoms with E-state index in [-0.39, 0.29) is 17.7 Å². The molecule has 0 aliphatic carbocycles. The molecule has 1 aromatic carbocycles. The first kappa shape index (κ1) is 14.6. The van der Waals surface area contributed by atoms with Gasteiger partial charge in [-0.2, -0.15) is 0 Å². The number of hydrogen-bond acceptors (Lipinski definition) is 2. The van der Waals surface area contributed by atoms with Crippen LogP contribution in [0.25, 0.3) is 6.08 Å². The van der Waals surface area contributed by atoms with Crippen molar-refractivity contribution in [2.75, 3.05) is 0 Å². The molecule has 0 spiro atoms. The molecule has 1 rings (SSSR count). The fraction of sp³-hybridized carbons (Fsp3) is 0.182. The summed E-state index contributed by atoms with van der Waals surface area (Å²) in [5.41, 5.74) is 5.12. The van der Waals surface area contributed by atoms with E-state index in [1.807, 2.05) is 0 Å². The van der Waals surface area contributed by atoms with Crippen LogP contribution in [0, 0.1) is 0 Å². The molecular formula is C11H9BrF3NO2. The van der Waals surface area contributed by atoms with E-state index in [0.29, 0.717) is 4.47 Å². The van der Waals surface area contributed by atoms with Gasteiger partial charge < -0.3 is 10.5 Å². The number of amides is 1. The van der Waals surface area contributed by atoms with Gasteiger partial charge in [0, 0.05) is 16.5 Å². The molecular weight excluding hydrogens is 315 g/mol. The highest BCUT2D eigenvalue weighted by atomic mass is 79.9. The summed E-state index contributed by atoms with van der Waals surface area (Å²) < 4.78 is 40.8. The van der Waals surface area contributed by atoms with Crippen LogP contribution in [0.4, 0.5) is 13.2 Å². The first-order valence-electron chi connectivity index (χ1n) is 4.78. The summed E-state index contributed by atoms with van der Waals surface area (Å²) >= 11 is 3.05. The third-order valence-electron chi connectivity index (χ3n) is 1.82. The number of alkyl halides is 3. The van der Waals surface area contributed by atoms with Crippen molar-refractivity contribution in [3.05, 3.63) is 34.3 Å². The van der Waals surface area contributed by atoms with Gasteiger partial charge in [0.05, 0.1) is 0 Å². The summed E-state index contributed by atoms with van der Waals surface area (Å²) in [6, 6.07) is 4.19. The Hall–Kier alpha value is -1.50. The minimum atomic E-state index is -4.77. The van der Waals surface area contributed by atoms with Gasteiger partial charge in [-0.05, 0) is 12.1 Å². The second kappa shape index (κ2) is 5.90. The van der Waals surface area contributed by atoms with Crippen molar-refractivity contribution in [1.82, 2.24) is 0 Å². The van der Waals surface area contributed by atoms with Crippen LogP contribution in [0.2, 0.25) is 0 Å². The molecule has 0 radical (unpaired) electrons. The first-order valence-corrected chi connectivity index (χ1v) is 5.57. The van der Waals surface area contributed by atoms with E-state index >= 15 is 0 Å².